The van der Waals surface area contributed by atoms with E-state index >= 15 is 0 Å². The number of rotatable bonds is 4. The summed E-state index contributed by atoms with van der Waals surface area (Å²) in [6.07, 6.45) is 7.46. The van der Waals surface area contributed by atoms with Crippen LogP contribution in [0, 0.1) is 0 Å². The lowest BCUT2D eigenvalue weighted by Gasteiger charge is -2.32. The monoisotopic (exact) mass is 368 g/mol. The van der Waals surface area contributed by atoms with Crippen molar-refractivity contribution in [1.82, 2.24) is 9.88 Å². The molecule has 22 heavy (non-hydrogen) atoms. The topological polar surface area (TPSA) is 42.4 Å². The highest BCUT2D eigenvalue weighted by Crippen LogP contribution is 2.38. The number of hydrogen-bond acceptors (Lipinski definition) is 3. The highest BCUT2D eigenvalue weighted by Gasteiger charge is 2.39. The van der Waals surface area contributed by atoms with Crippen molar-refractivity contribution in [2.45, 2.75) is 64.1 Å². The van der Waals surface area contributed by atoms with Gasteiger partial charge in [-0.05, 0) is 58.1 Å². The average Bonchev–Trinajstić information content (AvgIpc) is 2.88. The maximum absolute atomic E-state index is 12.7. The molecule has 1 amide bonds. The van der Waals surface area contributed by atoms with Crippen LogP contribution in [-0.4, -0.2) is 33.0 Å². The zero-order chi connectivity index (χ0) is 16.2. The highest BCUT2D eigenvalue weighted by atomic mass is 79.9. The van der Waals surface area contributed by atoms with E-state index in [0.717, 1.165) is 36.6 Å². The molecule has 1 saturated heterocycles. The summed E-state index contributed by atoms with van der Waals surface area (Å²) in [4.78, 5) is 18.8. The molecule has 122 valence electrons. The Bertz CT molecular complexity index is 487. The summed E-state index contributed by atoms with van der Waals surface area (Å²) in [7, 11) is 0. The van der Waals surface area contributed by atoms with Crippen LogP contribution in [0.5, 0.6) is 0 Å². The molecule has 2 heterocycles. The van der Waals surface area contributed by atoms with Crippen molar-refractivity contribution < 1.29 is 9.53 Å². The Morgan fingerprint density at radius 2 is 2.23 bits per heavy atom. The Kier molecular flexibility index (Phi) is 5.84. The average molecular weight is 369 g/mol. The smallest absolute Gasteiger partial charge is 0.411 e. The number of carbonyl (C=O) groups is 1. The second-order valence-corrected chi connectivity index (χ2v) is 7.55. The van der Waals surface area contributed by atoms with Crippen LogP contribution in [0.15, 0.2) is 24.5 Å². The first kappa shape index (κ1) is 17.3. The number of likely N-dealkylation sites (tertiary alicyclic amines) is 1. The van der Waals surface area contributed by atoms with Crippen molar-refractivity contribution in [1.29, 1.82) is 0 Å². The highest BCUT2D eigenvalue weighted by molar-refractivity contribution is 9.09. The van der Waals surface area contributed by atoms with Gasteiger partial charge in [0.25, 0.3) is 0 Å². The fourth-order valence-electron chi connectivity index (χ4n) is 2.97. The number of halogens is 1. The summed E-state index contributed by atoms with van der Waals surface area (Å²) >= 11 is 3.48. The van der Waals surface area contributed by atoms with Gasteiger partial charge >= 0.3 is 6.09 Å². The maximum atomic E-state index is 12.7. The Balaban J connectivity index is 2.20. The third-order valence-electron chi connectivity index (χ3n) is 3.85. The van der Waals surface area contributed by atoms with E-state index in [1.807, 2.05) is 44.0 Å². The number of amides is 1. The number of pyridine rings is 1. The molecule has 1 fully saturated rings. The molecule has 0 unspecified atom stereocenters. The molecule has 0 N–H and O–H groups in total. The summed E-state index contributed by atoms with van der Waals surface area (Å²) in [6.45, 7) is 5.73. The standard InChI is InChI=1S/C17H25BrN2O2/c1-17(2,3)22-16(21)20-14(7-4-10-18)8-9-15(20)13-6-5-11-19-12-13/h5-6,11-12,14-15H,4,7-10H2,1-3H3/t14-,15-/m1/s1. The number of aromatic nitrogens is 1. The van der Waals surface area contributed by atoms with Crippen molar-refractivity contribution in [2.24, 2.45) is 0 Å². The molecule has 0 bridgehead atoms. The van der Waals surface area contributed by atoms with Crippen molar-refractivity contribution in [2.75, 3.05) is 5.33 Å². The van der Waals surface area contributed by atoms with Crippen molar-refractivity contribution in [3.63, 3.8) is 0 Å². The van der Waals surface area contributed by atoms with Crippen LogP contribution in [-0.2, 0) is 4.74 Å². The summed E-state index contributed by atoms with van der Waals surface area (Å²) in [5, 5.41) is 0.962. The van der Waals surface area contributed by atoms with E-state index < -0.39 is 5.60 Å². The first-order valence-electron chi connectivity index (χ1n) is 7.89. The molecule has 1 aromatic heterocycles. The lowest BCUT2D eigenvalue weighted by atomic mass is 10.1. The van der Waals surface area contributed by atoms with Gasteiger partial charge in [0, 0.05) is 23.8 Å². The fraction of sp³-hybridized carbons (Fsp3) is 0.647. The van der Waals surface area contributed by atoms with Gasteiger partial charge in [-0.15, -0.1) is 0 Å². The van der Waals surface area contributed by atoms with Crippen LogP contribution in [0.1, 0.15) is 58.1 Å². The maximum Gasteiger partial charge on any atom is 0.411 e. The first-order valence-corrected chi connectivity index (χ1v) is 9.01. The molecule has 0 radical (unpaired) electrons. The summed E-state index contributed by atoms with van der Waals surface area (Å²) in [6, 6.07) is 4.29. The predicted octanol–water partition coefficient (Wildman–Crippen LogP) is 4.70. The molecule has 1 aromatic rings. The van der Waals surface area contributed by atoms with Gasteiger partial charge in [-0.2, -0.15) is 0 Å². The minimum atomic E-state index is -0.473. The van der Waals surface area contributed by atoms with E-state index in [-0.39, 0.29) is 18.2 Å². The molecule has 0 aliphatic carbocycles. The largest absolute Gasteiger partial charge is 0.444 e. The van der Waals surface area contributed by atoms with Gasteiger partial charge in [0.1, 0.15) is 5.60 Å². The van der Waals surface area contributed by atoms with E-state index in [9.17, 15) is 4.79 Å². The summed E-state index contributed by atoms with van der Waals surface area (Å²) in [5.74, 6) is 0. The zero-order valence-electron chi connectivity index (χ0n) is 13.6. The van der Waals surface area contributed by atoms with Crippen molar-refractivity contribution >= 4 is 22.0 Å². The summed E-state index contributed by atoms with van der Waals surface area (Å²) in [5.41, 5.74) is 0.619. The zero-order valence-corrected chi connectivity index (χ0v) is 15.2. The third kappa shape index (κ3) is 4.45. The van der Waals surface area contributed by atoms with E-state index in [2.05, 4.69) is 20.9 Å². The van der Waals surface area contributed by atoms with Crippen LogP contribution in [0.3, 0.4) is 0 Å². The molecule has 1 aliphatic rings. The number of nitrogens with zero attached hydrogens (tertiary/aromatic N) is 2. The molecular formula is C17H25BrN2O2. The molecule has 5 heteroatoms. The van der Waals surface area contributed by atoms with Crippen LogP contribution >= 0.6 is 15.9 Å². The van der Waals surface area contributed by atoms with E-state index in [1.54, 1.807) is 6.20 Å². The molecule has 2 rings (SSSR count). The molecule has 1 aliphatic heterocycles. The second-order valence-electron chi connectivity index (χ2n) is 6.75. The van der Waals surface area contributed by atoms with Crippen LogP contribution < -0.4 is 0 Å². The minimum absolute atomic E-state index is 0.0730. The Morgan fingerprint density at radius 1 is 1.45 bits per heavy atom. The van der Waals surface area contributed by atoms with E-state index in [0.29, 0.717) is 0 Å². The lowest BCUT2D eigenvalue weighted by molar-refractivity contribution is 0.0136. The third-order valence-corrected chi connectivity index (χ3v) is 4.41. The van der Waals surface area contributed by atoms with Gasteiger partial charge in [-0.25, -0.2) is 4.79 Å². The number of hydrogen-bond donors (Lipinski definition) is 0. The van der Waals surface area contributed by atoms with E-state index in [1.165, 1.54) is 0 Å². The first-order chi connectivity index (χ1) is 10.4. The van der Waals surface area contributed by atoms with Crippen LogP contribution in [0.4, 0.5) is 4.79 Å². The molecule has 2 atom stereocenters. The normalized spacial score (nSPS) is 21.9. The van der Waals surface area contributed by atoms with Gasteiger partial charge in [0.05, 0.1) is 6.04 Å². The van der Waals surface area contributed by atoms with Crippen molar-refractivity contribution in [3.05, 3.63) is 30.1 Å². The number of carbonyl (C=O) groups excluding carboxylic acids is 1. The molecular weight excluding hydrogens is 344 g/mol. The van der Waals surface area contributed by atoms with Crippen LogP contribution in [0.2, 0.25) is 0 Å². The van der Waals surface area contributed by atoms with E-state index in [4.69, 9.17) is 4.74 Å². The number of ether oxygens (including phenoxy) is 1. The van der Waals surface area contributed by atoms with Gasteiger partial charge in [-0.1, -0.05) is 22.0 Å². The molecule has 4 nitrogen and oxygen atoms in total. The molecule has 0 spiro atoms. The van der Waals surface area contributed by atoms with Gasteiger partial charge in [0.2, 0.25) is 0 Å². The predicted molar refractivity (Wildman–Crippen MR) is 91.1 cm³/mol. The summed E-state index contributed by atoms with van der Waals surface area (Å²) < 4.78 is 5.64. The Labute approximate surface area is 141 Å². The van der Waals surface area contributed by atoms with Gasteiger partial charge in [-0.3, -0.25) is 9.88 Å². The quantitative estimate of drug-likeness (QED) is 0.723. The molecule has 0 saturated carbocycles. The van der Waals surface area contributed by atoms with Crippen LogP contribution in [0.25, 0.3) is 0 Å². The number of alkyl halides is 1. The van der Waals surface area contributed by atoms with Crippen molar-refractivity contribution in [3.8, 4) is 0 Å². The Morgan fingerprint density at radius 3 is 2.82 bits per heavy atom. The lowest BCUT2D eigenvalue weighted by Crippen LogP contribution is -2.41. The van der Waals surface area contributed by atoms with Gasteiger partial charge in [0.15, 0.2) is 0 Å². The minimum Gasteiger partial charge on any atom is -0.444 e. The second kappa shape index (κ2) is 7.44. The fourth-order valence-corrected chi connectivity index (χ4v) is 3.29. The SMILES string of the molecule is CC(C)(C)OC(=O)N1[C@H](CCCBr)CC[C@@H]1c1cccnc1. The Hall–Kier alpha value is -1.10. The molecule has 0 aromatic carbocycles. The van der Waals surface area contributed by atoms with Gasteiger partial charge < -0.3 is 4.74 Å².